The second-order valence-corrected chi connectivity index (χ2v) is 5.04. The van der Waals surface area contributed by atoms with E-state index in [1.165, 1.54) is 0 Å². The van der Waals surface area contributed by atoms with Crippen molar-refractivity contribution in [3.63, 3.8) is 0 Å². The van der Waals surface area contributed by atoms with Crippen molar-refractivity contribution in [2.45, 2.75) is 12.8 Å². The Kier molecular flexibility index (Phi) is 3.33. The summed E-state index contributed by atoms with van der Waals surface area (Å²) in [5.74, 6) is 0.249. The number of hydrogen-bond acceptors (Lipinski definition) is 2. The molecule has 3 heteroatoms. The molecule has 1 amide bonds. The van der Waals surface area contributed by atoms with Crippen LogP contribution in [-0.4, -0.2) is 11.7 Å². The molecule has 0 aromatic heterocycles. The monoisotopic (exact) mass is 265 g/mol. The Bertz CT molecular complexity index is 628. The van der Waals surface area contributed by atoms with Crippen LogP contribution in [0.25, 0.3) is 0 Å². The maximum atomic E-state index is 12.2. The Morgan fingerprint density at radius 1 is 0.850 bits per heavy atom. The number of carbonyl (C=O) groups is 2. The molecule has 1 aliphatic carbocycles. The second kappa shape index (κ2) is 5.29. The highest BCUT2D eigenvalue weighted by atomic mass is 16.2. The molecule has 0 unspecified atom stereocenters. The maximum absolute atomic E-state index is 12.2. The van der Waals surface area contributed by atoms with Gasteiger partial charge in [-0.15, -0.1) is 0 Å². The van der Waals surface area contributed by atoms with E-state index in [2.05, 4.69) is 5.32 Å². The van der Waals surface area contributed by atoms with E-state index in [0.717, 1.165) is 18.5 Å². The van der Waals surface area contributed by atoms with Gasteiger partial charge in [0.15, 0.2) is 5.78 Å². The van der Waals surface area contributed by atoms with Gasteiger partial charge in [0.25, 0.3) is 0 Å². The lowest BCUT2D eigenvalue weighted by atomic mass is 10.0. The number of nitrogens with one attached hydrogen (secondary N) is 1. The Hall–Kier alpha value is -2.42. The van der Waals surface area contributed by atoms with E-state index < -0.39 is 0 Å². The highest BCUT2D eigenvalue weighted by Crippen LogP contribution is 2.30. The van der Waals surface area contributed by atoms with Gasteiger partial charge >= 0.3 is 0 Å². The molecule has 2 aromatic carbocycles. The van der Waals surface area contributed by atoms with Crippen molar-refractivity contribution in [2.75, 3.05) is 5.32 Å². The van der Waals surface area contributed by atoms with Gasteiger partial charge < -0.3 is 5.32 Å². The standard InChI is InChI=1S/C17H15NO2/c19-16(12-4-2-1-3-5-12)13-8-10-15(11-9-13)18-17(20)14-6-7-14/h1-5,8-11,14H,6-7H2,(H,18,20). The van der Waals surface area contributed by atoms with Crippen LogP contribution in [0.5, 0.6) is 0 Å². The van der Waals surface area contributed by atoms with E-state index >= 15 is 0 Å². The third-order valence-electron chi connectivity index (χ3n) is 3.40. The minimum Gasteiger partial charge on any atom is -0.326 e. The molecule has 3 rings (SSSR count). The Balaban J connectivity index is 1.72. The zero-order chi connectivity index (χ0) is 13.9. The SMILES string of the molecule is O=C(c1ccccc1)c1ccc(NC(=O)C2CC2)cc1. The zero-order valence-electron chi connectivity index (χ0n) is 11.0. The number of benzene rings is 2. The molecule has 0 spiro atoms. The summed E-state index contributed by atoms with van der Waals surface area (Å²) in [5.41, 5.74) is 2.04. The van der Waals surface area contributed by atoms with Crippen LogP contribution < -0.4 is 5.32 Å². The topological polar surface area (TPSA) is 46.2 Å². The molecule has 2 aromatic rings. The van der Waals surface area contributed by atoms with Gasteiger partial charge in [0.1, 0.15) is 0 Å². The van der Waals surface area contributed by atoms with Crippen molar-refractivity contribution < 1.29 is 9.59 Å². The third kappa shape index (κ3) is 2.77. The van der Waals surface area contributed by atoms with E-state index in [1.807, 2.05) is 18.2 Å². The maximum Gasteiger partial charge on any atom is 0.227 e. The highest BCUT2D eigenvalue weighted by Gasteiger charge is 2.29. The molecule has 1 fully saturated rings. The minimum atomic E-state index is -0.00864. The van der Waals surface area contributed by atoms with Crippen molar-refractivity contribution >= 4 is 17.4 Å². The minimum absolute atomic E-state index is 0.00864. The molecule has 100 valence electrons. The van der Waals surface area contributed by atoms with Crippen LogP contribution in [0.3, 0.4) is 0 Å². The van der Waals surface area contributed by atoms with Gasteiger partial charge in [-0.25, -0.2) is 0 Å². The van der Waals surface area contributed by atoms with Crippen molar-refractivity contribution in [1.29, 1.82) is 0 Å². The summed E-state index contributed by atoms with van der Waals surface area (Å²) in [4.78, 5) is 23.8. The van der Waals surface area contributed by atoms with Crippen LogP contribution in [0, 0.1) is 5.92 Å². The molecule has 0 radical (unpaired) electrons. The summed E-state index contributed by atoms with van der Waals surface area (Å²) < 4.78 is 0. The molecule has 1 N–H and O–H groups in total. The number of rotatable bonds is 4. The van der Waals surface area contributed by atoms with Gasteiger partial charge in [-0.2, -0.15) is 0 Å². The molecule has 1 saturated carbocycles. The molecule has 0 heterocycles. The van der Waals surface area contributed by atoms with Crippen LogP contribution in [0.15, 0.2) is 54.6 Å². The van der Waals surface area contributed by atoms with Crippen molar-refractivity contribution in [3.05, 3.63) is 65.7 Å². The van der Waals surface area contributed by atoms with E-state index in [9.17, 15) is 9.59 Å². The molecule has 1 aliphatic rings. The molecular weight excluding hydrogens is 250 g/mol. The fourth-order valence-electron chi connectivity index (χ4n) is 2.05. The van der Waals surface area contributed by atoms with Crippen molar-refractivity contribution in [3.8, 4) is 0 Å². The van der Waals surface area contributed by atoms with Crippen molar-refractivity contribution in [1.82, 2.24) is 0 Å². The number of hydrogen-bond donors (Lipinski definition) is 1. The van der Waals surface area contributed by atoms with Crippen molar-refractivity contribution in [2.24, 2.45) is 5.92 Å². The molecule has 0 atom stereocenters. The lowest BCUT2D eigenvalue weighted by Crippen LogP contribution is -2.13. The normalized spacial score (nSPS) is 13.8. The molecule has 20 heavy (non-hydrogen) atoms. The summed E-state index contributed by atoms with van der Waals surface area (Å²) in [7, 11) is 0. The van der Waals surface area contributed by atoms with Crippen LogP contribution in [0.4, 0.5) is 5.69 Å². The number of ketones is 1. The number of anilines is 1. The number of carbonyl (C=O) groups excluding carboxylic acids is 2. The first kappa shape index (κ1) is 12.6. The Morgan fingerprint density at radius 2 is 1.45 bits per heavy atom. The van der Waals surface area contributed by atoms with E-state index in [4.69, 9.17) is 0 Å². The number of amides is 1. The molecular formula is C17H15NO2. The van der Waals surface area contributed by atoms with E-state index in [1.54, 1.807) is 36.4 Å². The Morgan fingerprint density at radius 3 is 2.05 bits per heavy atom. The van der Waals surface area contributed by atoms with Gasteiger partial charge in [0, 0.05) is 22.7 Å². The molecule has 3 nitrogen and oxygen atoms in total. The predicted molar refractivity (Wildman–Crippen MR) is 77.7 cm³/mol. The zero-order valence-corrected chi connectivity index (χ0v) is 11.0. The van der Waals surface area contributed by atoms with Gasteiger partial charge in [-0.1, -0.05) is 30.3 Å². The largest absolute Gasteiger partial charge is 0.326 e. The molecule has 0 bridgehead atoms. The summed E-state index contributed by atoms with van der Waals surface area (Å²) in [6.45, 7) is 0. The fraction of sp³-hybridized carbons (Fsp3) is 0.176. The molecule has 0 saturated heterocycles. The van der Waals surface area contributed by atoms with Gasteiger partial charge in [-0.3, -0.25) is 9.59 Å². The average Bonchev–Trinajstić information content (AvgIpc) is 3.33. The van der Waals surface area contributed by atoms with Crippen LogP contribution in [-0.2, 0) is 4.79 Å². The first-order valence-electron chi connectivity index (χ1n) is 6.75. The van der Waals surface area contributed by atoms with E-state index in [-0.39, 0.29) is 17.6 Å². The quantitative estimate of drug-likeness (QED) is 0.862. The summed E-state index contributed by atoms with van der Waals surface area (Å²) >= 11 is 0. The lowest BCUT2D eigenvalue weighted by Gasteiger charge is -2.05. The van der Waals surface area contributed by atoms with Crippen LogP contribution >= 0.6 is 0 Å². The summed E-state index contributed by atoms with van der Waals surface area (Å²) in [6, 6.07) is 16.2. The third-order valence-corrected chi connectivity index (χ3v) is 3.40. The first-order chi connectivity index (χ1) is 9.74. The Labute approximate surface area is 117 Å². The van der Waals surface area contributed by atoms with Crippen LogP contribution in [0.1, 0.15) is 28.8 Å². The van der Waals surface area contributed by atoms with E-state index in [0.29, 0.717) is 11.1 Å². The summed E-state index contributed by atoms with van der Waals surface area (Å²) in [5, 5.41) is 2.86. The smallest absolute Gasteiger partial charge is 0.227 e. The highest BCUT2D eigenvalue weighted by molar-refractivity contribution is 6.09. The predicted octanol–water partition coefficient (Wildman–Crippen LogP) is 3.27. The second-order valence-electron chi connectivity index (χ2n) is 5.04. The van der Waals surface area contributed by atoms with Gasteiger partial charge in [0.05, 0.1) is 0 Å². The lowest BCUT2D eigenvalue weighted by molar-refractivity contribution is -0.117. The summed E-state index contributed by atoms with van der Waals surface area (Å²) in [6.07, 6.45) is 1.97. The average molecular weight is 265 g/mol. The van der Waals surface area contributed by atoms with Gasteiger partial charge in [0.2, 0.25) is 5.91 Å². The molecule has 0 aliphatic heterocycles. The van der Waals surface area contributed by atoms with Gasteiger partial charge in [-0.05, 0) is 37.1 Å². The first-order valence-corrected chi connectivity index (χ1v) is 6.75. The fourth-order valence-corrected chi connectivity index (χ4v) is 2.05. The van der Waals surface area contributed by atoms with Crippen LogP contribution in [0.2, 0.25) is 0 Å².